The lowest BCUT2D eigenvalue weighted by Gasteiger charge is -2.21. The van der Waals surface area contributed by atoms with Crippen LogP contribution in [0.2, 0.25) is 0 Å². The van der Waals surface area contributed by atoms with E-state index in [4.69, 9.17) is 23.3 Å². The molecule has 0 saturated heterocycles. The number of phosphoric ester groups is 1. The molecule has 0 aromatic heterocycles. The van der Waals surface area contributed by atoms with E-state index in [0.29, 0.717) is 19.3 Å². The van der Waals surface area contributed by atoms with Crippen LogP contribution in [-0.4, -0.2) is 66.5 Å². The van der Waals surface area contributed by atoms with Crippen molar-refractivity contribution in [2.24, 2.45) is 0 Å². The third-order valence-electron chi connectivity index (χ3n) is 14.3. The smallest absolute Gasteiger partial charge is 0.462 e. The van der Waals surface area contributed by atoms with E-state index >= 15 is 0 Å². The molecule has 0 bridgehead atoms. The number of carbonyl (C=O) groups is 3. The normalized spacial score (nSPS) is 13.8. The lowest BCUT2D eigenvalue weighted by molar-refractivity contribution is -0.161. The zero-order valence-corrected chi connectivity index (χ0v) is 53.6. The van der Waals surface area contributed by atoms with Crippen LogP contribution in [0.15, 0.2) is 85.1 Å². The Kier molecular flexibility index (Phi) is 61.1. The fraction of sp³-hybridized carbons (Fsp3) is 0.757. The van der Waals surface area contributed by atoms with Crippen molar-refractivity contribution < 1.29 is 52.2 Å². The molecule has 82 heavy (non-hydrogen) atoms. The Hall–Kier alpha value is -3.34. The Balaban J connectivity index is 4.77. The van der Waals surface area contributed by atoms with Crippen LogP contribution in [0.1, 0.15) is 303 Å². The van der Waals surface area contributed by atoms with Crippen molar-refractivity contribution in [1.82, 2.24) is 0 Å². The van der Waals surface area contributed by atoms with Gasteiger partial charge in [0.1, 0.15) is 12.7 Å². The summed E-state index contributed by atoms with van der Waals surface area (Å²) in [6.45, 7) is 4.50. The summed E-state index contributed by atoms with van der Waals surface area (Å²) in [5.74, 6) is -1.55. The number of carbonyl (C=O) groups excluding carboxylic acids is 3. The summed E-state index contributed by atoms with van der Waals surface area (Å²) in [6.07, 6.45) is 75.5. The Morgan fingerprint density at radius 1 is 0.354 bits per heavy atom. The number of hydrogen-bond acceptors (Lipinski definition) is 10. The minimum absolute atomic E-state index is 0.1000. The molecule has 3 atom stereocenters. The monoisotopic (exact) mass is 1170 g/mol. The molecule has 0 aromatic carbocycles. The highest BCUT2D eigenvalue weighted by Gasteiger charge is 2.28. The van der Waals surface area contributed by atoms with Gasteiger partial charge >= 0.3 is 25.7 Å². The molecule has 12 heteroatoms. The van der Waals surface area contributed by atoms with Crippen LogP contribution in [0.25, 0.3) is 0 Å². The first-order chi connectivity index (χ1) is 40.2. The molecule has 0 rings (SSSR count). The van der Waals surface area contributed by atoms with E-state index in [1.807, 2.05) is 12.2 Å². The lowest BCUT2D eigenvalue weighted by atomic mass is 10.0. The van der Waals surface area contributed by atoms with Crippen LogP contribution < -0.4 is 0 Å². The van der Waals surface area contributed by atoms with Gasteiger partial charge in [0.2, 0.25) is 0 Å². The summed E-state index contributed by atoms with van der Waals surface area (Å²) in [5, 5.41) is 9.87. The minimum Gasteiger partial charge on any atom is -0.462 e. The molecule has 0 heterocycles. The van der Waals surface area contributed by atoms with Gasteiger partial charge in [-0.2, -0.15) is 0 Å². The van der Waals surface area contributed by atoms with Gasteiger partial charge in [0.05, 0.1) is 19.8 Å². The molecule has 0 aliphatic heterocycles. The second-order valence-electron chi connectivity index (χ2n) is 22.3. The average Bonchev–Trinajstić information content (AvgIpc) is 3.47. The molecule has 0 fully saturated rings. The zero-order valence-electron chi connectivity index (χ0n) is 52.7. The lowest BCUT2D eigenvalue weighted by Crippen LogP contribution is -2.30. The Bertz CT molecular complexity index is 1700. The third kappa shape index (κ3) is 61.2. The van der Waals surface area contributed by atoms with Crippen LogP contribution in [0, 0.1) is 0 Å². The summed E-state index contributed by atoms with van der Waals surface area (Å²) in [7, 11) is -4.77. The van der Waals surface area contributed by atoms with Crippen molar-refractivity contribution in [1.29, 1.82) is 0 Å². The topological polar surface area (TPSA) is 155 Å². The first-order valence-corrected chi connectivity index (χ1v) is 35.0. The van der Waals surface area contributed by atoms with E-state index in [1.165, 1.54) is 167 Å². The number of aliphatic hydroxyl groups excluding tert-OH is 1. The zero-order chi connectivity index (χ0) is 59.8. The van der Waals surface area contributed by atoms with E-state index in [9.17, 15) is 28.9 Å². The van der Waals surface area contributed by atoms with E-state index in [1.54, 1.807) is 0 Å². The van der Waals surface area contributed by atoms with Crippen molar-refractivity contribution in [2.75, 3.05) is 26.4 Å². The van der Waals surface area contributed by atoms with Gasteiger partial charge in [-0.15, -0.1) is 0 Å². The Morgan fingerprint density at radius 2 is 0.659 bits per heavy atom. The van der Waals surface area contributed by atoms with Crippen LogP contribution >= 0.6 is 7.82 Å². The maximum Gasteiger partial charge on any atom is 0.472 e. The molecule has 0 radical (unpaired) electrons. The molecular weight excluding hydrogens is 1050 g/mol. The first-order valence-electron chi connectivity index (χ1n) is 33.5. The molecule has 3 unspecified atom stereocenters. The maximum atomic E-state index is 13.0. The van der Waals surface area contributed by atoms with E-state index < -0.39 is 57.8 Å². The van der Waals surface area contributed by atoms with Gasteiger partial charge in [-0.25, -0.2) is 4.57 Å². The van der Waals surface area contributed by atoms with E-state index in [2.05, 4.69) is 93.7 Å². The molecule has 474 valence electrons. The summed E-state index contributed by atoms with van der Waals surface area (Å²) in [6, 6.07) is 0. The second kappa shape index (κ2) is 63.7. The quantitative estimate of drug-likeness (QED) is 0.0197. The van der Waals surface area contributed by atoms with Crippen molar-refractivity contribution in [3.63, 3.8) is 0 Å². The summed E-state index contributed by atoms with van der Waals surface area (Å²) < 4.78 is 39.7. The van der Waals surface area contributed by atoms with Gasteiger partial charge in [0, 0.05) is 19.3 Å². The minimum atomic E-state index is -4.77. The van der Waals surface area contributed by atoms with E-state index in [-0.39, 0.29) is 25.9 Å². The van der Waals surface area contributed by atoms with Gasteiger partial charge in [0.25, 0.3) is 0 Å². The predicted molar refractivity (Wildman–Crippen MR) is 344 cm³/mol. The maximum absolute atomic E-state index is 13.0. The van der Waals surface area contributed by atoms with Crippen molar-refractivity contribution in [2.45, 2.75) is 315 Å². The Morgan fingerprint density at radius 3 is 1.02 bits per heavy atom. The van der Waals surface area contributed by atoms with Crippen LogP contribution in [-0.2, 0) is 42.2 Å². The third-order valence-corrected chi connectivity index (χ3v) is 15.3. The van der Waals surface area contributed by atoms with Crippen LogP contribution in [0.5, 0.6) is 0 Å². The van der Waals surface area contributed by atoms with Gasteiger partial charge < -0.3 is 24.2 Å². The van der Waals surface area contributed by atoms with Crippen molar-refractivity contribution in [3.8, 4) is 0 Å². The molecule has 0 aliphatic rings. The first kappa shape index (κ1) is 78.7. The SMILES string of the molecule is CC/C=C\C/C=C\C/C=C\C/C=C\C/C=C\C/C=C\CCC(=O)OCC(COP(=O)(O)OCC(CO)OC(=O)CCCCCCCCCCCCCCCCCCC)OC(=O)CCCCCCCCCCC/C=C\CCCCCCCC. The predicted octanol–water partition coefficient (Wildman–Crippen LogP) is 20.6. The van der Waals surface area contributed by atoms with Gasteiger partial charge in [-0.3, -0.25) is 23.4 Å². The fourth-order valence-electron chi connectivity index (χ4n) is 9.26. The number of aliphatic hydroxyl groups is 1. The molecule has 11 nitrogen and oxygen atoms in total. The average molecular weight is 1170 g/mol. The largest absolute Gasteiger partial charge is 0.472 e. The highest BCUT2D eigenvalue weighted by molar-refractivity contribution is 7.47. The molecule has 0 spiro atoms. The number of esters is 3. The highest BCUT2D eigenvalue weighted by atomic mass is 31.2. The van der Waals surface area contributed by atoms with Gasteiger partial charge in [-0.05, 0) is 83.5 Å². The number of unbranched alkanes of at least 4 members (excludes halogenated alkanes) is 31. The standard InChI is InChI=1S/C70H123O11P/c1-4-7-10-13-16-19-22-25-28-31-33-36-38-41-44-47-50-53-56-59-68(72)77-63-67(81-70(74)61-58-55-52-49-46-43-40-37-34-32-29-26-23-20-17-14-11-8-5-2)65-79-82(75,76)78-64-66(62-71)80-69(73)60-57-54-51-48-45-42-39-35-30-27-24-21-18-15-12-9-6-3/h7,10,16,19,25-26,28-29,33,36,41,44,50,53,66-67,71H,4-6,8-9,11-15,17-18,20-24,27,30-32,34-35,37-40,42-43,45-49,51-52,54-65H2,1-3H3,(H,75,76)/b10-7-,19-16-,28-25-,29-26-,36-33-,44-41-,53-50-. The number of phosphoric acid groups is 1. The summed E-state index contributed by atoms with van der Waals surface area (Å²) in [5.41, 5.74) is 0. The van der Waals surface area contributed by atoms with Gasteiger partial charge in [-0.1, -0.05) is 286 Å². The molecule has 0 saturated carbocycles. The van der Waals surface area contributed by atoms with Gasteiger partial charge in [0.15, 0.2) is 6.10 Å². The van der Waals surface area contributed by atoms with Crippen LogP contribution in [0.4, 0.5) is 0 Å². The molecule has 2 N–H and O–H groups in total. The van der Waals surface area contributed by atoms with Crippen molar-refractivity contribution in [3.05, 3.63) is 85.1 Å². The summed E-state index contributed by atoms with van der Waals surface area (Å²) >= 11 is 0. The molecule has 0 aromatic rings. The highest BCUT2D eigenvalue weighted by Crippen LogP contribution is 2.43. The summed E-state index contributed by atoms with van der Waals surface area (Å²) in [4.78, 5) is 48.8. The number of rotatable bonds is 62. The van der Waals surface area contributed by atoms with E-state index in [0.717, 1.165) is 77.0 Å². The Labute approximate surface area is 502 Å². The molecular formula is C70H123O11P. The fourth-order valence-corrected chi connectivity index (χ4v) is 10.0. The second-order valence-corrected chi connectivity index (χ2v) is 23.7. The van der Waals surface area contributed by atoms with Crippen LogP contribution in [0.3, 0.4) is 0 Å². The number of hydrogen-bond donors (Lipinski definition) is 2. The molecule has 0 aliphatic carbocycles. The number of ether oxygens (including phenoxy) is 3. The van der Waals surface area contributed by atoms with Crippen molar-refractivity contribution >= 4 is 25.7 Å². The number of allylic oxidation sites excluding steroid dienone is 14. The molecule has 0 amide bonds.